The van der Waals surface area contributed by atoms with E-state index in [9.17, 15) is 19.5 Å². The summed E-state index contributed by atoms with van der Waals surface area (Å²) < 4.78 is 5.32. The number of carboxylic acids is 1. The molecule has 2 N–H and O–H groups in total. The lowest BCUT2D eigenvalue weighted by atomic mass is 9.96. The quantitative estimate of drug-likeness (QED) is 0.307. The van der Waals surface area contributed by atoms with Crippen molar-refractivity contribution in [3.8, 4) is 0 Å². The van der Waals surface area contributed by atoms with Gasteiger partial charge in [0, 0.05) is 19.5 Å². The number of hydrogen-bond donors (Lipinski definition) is 2. The molecule has 0 fully saturated rings. The molecular formula is C29H23Cl2N3O5. The van der Waals surface area contributed by atoms with Crippen molar-refractivity contribution in [2.75, 3.05) is 13.1 Å². The molecule has 2 amide bonds. The zero-order valence-corrected chi connectivity index (χ0v) is 22.1. The van der Waals surface area contributed by atoms with E-state index in [2.05, 4.69) is 10.5 Å². The Balaban J connectivity index is 1.23. The Labute approximate surface area is 233 Å². The van der Waals surface area contributed by atoms with Crippen molar-refractivity contribution in [3.05, 3.63) is 105 Å². The first kappa shape index (κ1) is 26.5. The number of carbonyl (C=O) groups is 3. The van der Waals surface area contributed by atoms with Gasteiger partial charge in [-0.3, -0.25) is 9.59 Å². The molecular weight excluding hydrogens is 541 g/mol. The molecule has 0 spiro atoms. The third kappa shape index (κ3) is 5.67. The molecule has 2 heterocycles. The highest BCUT2D eigenvalue weighted by Crippen LogP contribution is 2.27. The number of amides is 2. The summed E-state index contributed by atoms with van der Waals surface area (Å²) in [5.41, 5.74) is 3.49. The topological polar surface area (TPSA) is 113 Å². The van der Waals surface area contributed by atoms with Gasteiger partial charge in [0.25, 0.3) is 11.8 Å². The van der Waals surface area contributed by atoms with Gasteiger partial charge in [0.1, 0.15) is 11.6 Å². The molecule has 3 aromatic carbocycles. The highest BCUT2D eigenvalue weighted by atomic mass is 35.5. The molecule has 0 saturated carbocycles. The van der Waals surface area contributed by atoms with Gasteiger partial charge in [0.05, 0.1) is 21.0 Å². The second-order valence-electron chi connectivity index (χ2n) is 9.12. The Morgan fingerprint density at radius 2 is 1.72 bits per heavy atom. The zero-order chi connectivity index (χ0) is 27.5. The SMILES string of the molecule is O=C(N[C@@H](Cc1ccc(C2=CCN(C(=O)c3onc4ccccc34)CC2)cc1)C(=O)O)c1c(Cl)cccc1Cl. The van der Waals surface area contributed by atoms with Crippen molar-refractivity contribution < 1.29 is 24.0 Å². The van der Waals surface area contributed by atoms with Gasteiger partial charge in [-0.2, -0.15) is 0 Å². The number of rotatable bonds is 7. The van der Waals surface area contributed by atoms with Crippen LogP contribution in [0, 0.1) is 0 Å². The molecule has 8 nitrogen and oxygen atoms in total. The molecule has 0 bridgehead atoms. The van der Waals surface area contributed by atoms with E-state index in [0.29, 0.717) is 30.4 Å². The number of benzene rings is 3. The van der Waals surface area contributed by atoms with Crippen molar-refractivity contribution in [2.24, 2.45) is 0 Å². The Kier molecular flexibility index (Phi) is 7.67. The number of carboxylic acid groups (broad SMARTS) is 1. The van der Waals surface area contributed by atoms with E-state index in [-0.39, 0.29) is 33.7 Å². The van der Waals surface area contributed by atoms with Crippen LogP contribution in [0.15, 0.2) is 77.3 Å². The van der Waals surface area contributed by atoms with E-state index in [0.717, 1.165) is 16.7 Å². The molecule has 1 atom stereocenters. The van der Waals surface area contributed by atoms with Crippen LogP contribution in [0.3, 0.4) is 0 Å². The van der Waals surface area contributed by atoms with E-state index < -0.39 is 17.9 Å². The maximum atomic E-state index is 13.0. The summed E-state index contributed by atoms with van der Waals surface area (Å²) in [6.45, 7) is 0.960. The van der Waals surface area contributed by atoms with Crippen molar-refractivity contribution in [1.29, 1.82) is 0 Å². The van der Waals surface area contributed by atoms with Crippen molar-refractivity contribution >= 4 is 57.5 Å². The van der Waals surface area contributed by atoms with Gasteiger partial charge >= 0.3 is 5.97 Å². The highest BCUT2D eigenvalue weighted by Gasteiger charge is 2.26. The minimum absolute atomic E-state index is 0.0377. The van der Waals surface area contributed by atoms with Crippen LogP contribution in [0.2, 0.25) is 10.0 Å². The standard InChI is InChI=1S/C29H23Cl2N3O5/c30-21-5-3-6-22(31)25(21)27(35)32-24(29(37)38)16-17-8-10-18(11-9-17)19-12-14-34(15-13-19)28(36)26-20-4-1-2-7-23(20)33-39-26/h1-12,24H,13-16H2,(H,32,35)(H,37,38)/t24-/m0/s1. The van der Waals surface area contributed by atoms with Crippen LogP contribution in [0.25, 0.3) is 16.5 Å². The Morgan fingerprint density at radius 1 is 1.00 bits per heavy atom. The molecule has 1 aliphatic rings. The van der Waals surface area contributed by atoms with Gasteiger partial charge in [-0.1, -0.05) is 76.9 Å². The Hall–Kier alpha value is -4.14. The molecule has 4 aromatic rings. The smallest absolute Gasteiger partial charge is 0.326 e. The molecule has 39 heavy (non-hydrogen) atoms. The molecule has 198 valence electrons. The second kappa shape index (κ2) is 11.3. The number of aliphatic carboxylic acids is 1. The maximum Gasteiger partial charge on any atom is 0.326 e. The largest absolute Gasteiger partial charge is 0.480 e. The monoisotopic (exact) mass is 563 g/mol. The van der Waals surface area contributed by atoms with Crippen molar-refractivity contribution in [3.63, 3.8) is 0 Å². The fourth-order valence-corrected chi connectivity index (χ4v) is 5.11. The second-order valence-corrected chi connectivity index (χ2v) is 9.94. The average molecular weight is 564 g/mol. The molecule has 10 heteroatoms. The van der Waals surface area contributed by atoms with Crippen molar-refractivity contribution in [1.82, 2.24) is 15.4 Å². The number of fused-ring (bicyclic) bond motifs is 1. The number of nitrogens with one attached hydrogen (secondary N) is 1. The van der Waals surface area contributed by atoms with Crippen LogP contribution in [0.4, 0.5) is 0 Å². The Morgan fingerprint density at radius 3 is 2.38 bits per heavy atom. The molecule has 0 unspecified atom stereocenters. The molecule has 0 aliphatic carbocycles. The van der Waals surface area contributed by atoms with E-state index >= 15 is 0 Å². The lowest BCUT2D eigenvalue weighted by molar-refractivity contribution is -0.139. The van der Waals surface area contributed by atoms with Crippen LogP contribution >= 0.6 is 23.2 Å². The zero-order valence-electron chi connectivity index (χ0n) is 20.6. The summed E-state index contributed by atoms with van der Waals surface area (Å²) in [7, 11) is 0. The summed E-state index contributed by atoms with van der Waals surface area (Å²) in [6, 6.07) is 18.3. The first-order chi connectivity index (χ1) is 18.8. The van der Waals surface area contributed by atoms with Gasteiger partial charge in [-0.15, -0.1) is 0 Å². The fourth-order valence-electron chi connectivity index (χ4n) is 4.54. The lowest BCUT2D eigenvalue weighted by Crippen LogP contribution is -2.42. The summed E-state index contributed by atoms with van der Waals surface area (Å²) in [4.78, 5) is 39.3. The number of halogens is 2. The highest BCUT2D eigenvalue weighted by molar-refractivity contribution is 6.39. The van der Waals surface area contributed by atoms with Gasteiger partial charge in [0.2, 0.25) is 5.76 Å². The summed E-state index contributed by atoms with van der Waals surface area (Å²) >= 11 is 12.2. The lowest BCUT2D eigenvalue weighted by Gasteiger charge is -2.26. The van der Waals surface area contributed by atoms with Gasteiger partial charge in [-0.05, 0) is 47.4 Å². The number of nitrogens with zero attached hydrogens (tertiary/aromatic N) is 2. The fraction of sp³-hybridized carbons (Fsp3) is 0.172. The molecule has 5 rings (SSSR count). The van der Waals surface area contributed by atoms with E-state index in [1.807, 2.05) is 48.5 Å². The molecule has 1 aliphatic heterocycles. The maximum absolute atomic E-state index is 13.0. The number of carbonyl (C=O) groups excluding carboxylic acids is 2. The third-order valence-corrected chi connectivity index (χ3v) is 7.26. The van der Waals surface area contributed by atoms with Crippen LogP contribution in [-0.4, -0.2) is 52.1 Å². The first-order valence-corrected chi connectivity index (χ1v) is 13.0. The van der Waals surface area contributed by atoms with E-state index in [1.54, 1.807) is 17.0 Å². The summed E-state index contributed by atoms with van der Waals surface area (Å²) in [6.07, 6.45) is 2.74. The molecule has 1 aromatic heterocycles. The predicted molar refractivity (Wildman–Crippen MR) is 148 cm³/mol. The molecule has 0 radical (unpaired) electrons. The predicted octanol–water partition coefficient (Wildman–Crippen LogP) is 5.49. The average Bonchev–Trinajstić information content (AvgIpc) is 3.37. The minimum Gasteiger partial charge on any atom is -0.480 e. The number of aromatic nitrogens is 1. The van der Waals surface area contributed by atoms with Gasteiger partial charge < -0.3 is 19.8 Å². The first-order valence-electron chi connectivity index (χ1n) is 12.2. The third-order valence-electron chi connectivity index (χ3n) is 6.63. The van der Waals surface area contributed by atoms with Gasteiger partial charge in [0.15, 0.2) is 0 Å². The van der Waals surface area contributed by atoms with Crippen molar-refractivity contribution in [2.45, 2.75) is 18.9 Å². The van der Waals surface area contributed by atoms with Crippen LogP contribution in [0.5, 0.6) is 0 Å². The summed E-state index contributed by atoms with van der Waals surface area (Å²) in [5.74, 6) is -1.79. The Bertz CT molecular complexity index is 1580. The van der Waals surface area contributed by atoms with E-state index in [1.165, 1.54) is 12.1 Å². The number of hydrogen-bond acceptors (Lipinski definition) is 5. The van der Waals surface area contributed by atoms with Crippen LogP contribution in [0.1, 0.15) is 38.5 Å². The summed E-state index contributed by atoms with van der Waals surface area (Å²) in [5, 5.41) is 17.1. The molecule has 0 saturated heterocycles. The van der Waals surface area contributed by atoms with Crippen LogP contribution < -0.4 is 5.32 Å². The minimum atomic E-state index is -1.17. The normalized spacial score (nSPS) is 14.1. The van der Waals surface area contributed by atoms with Crippen LogP contribution in [-0.2, 0) is 11.2 Å². The van der Waals surface area contributed by atoms with Gasteiger partial charge in [-0.25, -0.2) is 4.79 Å². The van der Waals surface area contributed by atoms with E-state index in [4.69, 9.17) is 27.7 Å².